The molecule has 0 nitrogen and oxygen atoms in total. The van der Waals surface area contributed by atoms with Crippen molar-refractivity contribution in [2.45, 2.75) is 20.3 Å². The Morgan fingerprint density at radius 3 is 2.12 bits per heavy atom. The van der Waals surface area contributed by atoms with Gasteiger partial charge in [-0.1, -0.05) is 13.8 Å². The van der Waals surface area contributed by atoms with Gasteiger partial charge >= 0.3 is 0 Å². The molecule has 8 heavy (non-hydrogen) atoms. The third-order valence-corrected chi connectivity index (χ3v) is 2.43. The summed E-state index contributed by atoms with van der Waals surface area (Å²) in [7, 11) is 2.63. The zero-order valence-electron chi connectivity index (χ0n) is 5.58. The summed E-state index contributed by atoms with van der Waals surface area (Å²) < 4.78 is 11.7. The highest BCUT2D eigenvalue weighted by Gasteiger charge is 2.13. The van der Waals surface area contributed by atoms with Gasteiger partial charge in [-0.25, -0.2) is 0 Å². The second-order valence-corrected chi connectivity index (χ2v) is 3.22. The summed E-state index contributed by atoms with van der Waals surface area (Å²) in [6, 6.07) is 0. The Bertz CT molecular complexity index is 61.5. The van der Waals surface area contributed by atoms with Crippen LogP contribution in [0.15, 0.2) is 0 Å². The van der Waals surface area contributed by atoms with Crippen LogP contribution in [0.4, 0.5) is 4.39 Å². The van der Waals surface area contributed by atoms with Crippen LogP contribution in [0.25, 0.3) is 0 Å². The molecule has 1 unspecified atom stereocenters. The molecule has 0 heterocycles. The minimum Gasteiger partial charge on any atom is -0.251 e. The number of hydrogen-bond acceptors (Lipinski definition) is 0. The van der Waals surface area contributed by atoms with Crippen LogP contribution in [0.1, 0.15) is 20.3 Å². The standard InChI is InChI=1S/C6H14FP/c1-6(2,5-8)3-4-7/h3-5,8H2,1-2H3. The number of rotatable bonds is 3. The van der Waals surface area contributed by atoms with Gasteiger partial charge in [-0.05, 0) is 18.0 Å². The van der Waals surface area contributed by atoms with E-state index in [0.717, 1.165) is 6.16 Å². The SMILES string of the molecule is CC(C)(CP)CCF. The predicted octanol–water partition coefficient (Wildman–Crippen LogP) is 2.25. The molecule has 0 spiro atoms. The van der Waals surface area contributed by atoms with Gasteiger partial charge in [0, 0.05) is 0 Å². The maximum atomic E-state index is 11.7. The van der Waals surface area contributed by atoms with Gasteiger partial charge in [0.1, 0.15) is 0 Å². The van der Waals surface area contributed by atoms with Crippen molar-refractivity contribution in [3.63, 3.8) is 0 Å². The molecule has 1 atom stereocenters. The van der Waals surface area contributed by atoms with Crippen molar-refractivity contribution in [1.29, 1.82) is 0 Å². The highest BCUT2D eigenvalue weighted by atomic mass is 31.0. The second kappa shape index (κ2) is 3.40. The lowest BCUT2D eigenvalue weighted by atomic mass is 9.93. The normalized spacial score (nSPS) is 12.0. The molecule has 2 heteroatoms. The van der Waals surface area contributed by atoms with E-state index in [1.165, 1.54) is 0 Å². The number of alkyl halides is 1. The summed E-state index contributed by atoms with van der Waals surface area (Å²) in [6.07, 6.45) is 1.66. The first kappa shape index (κ1) is 8.36. The average molecular weight is 136 g/mol. The Balaban J connectivity index is 3.37. The molecule has 0 aromatic carbocycles. The Morgan fingerprint density at radius 1 is 1.50 bits per heavy atom. The lowest BCUT2D eigenvalue weighted by Crippen LogP contribution is -2.13. The van der Waals surface area contributed by atoms with E-state index >= 15 is 0 Å². The molecule has 50 valence electrons. The lowest BCUT2D eigenvalue weighted by Gasteiger charge is -2.19. The second-order valence-electron chi connectivity index (χ2n) is 2.81. The van der Waals surface area contributed by atoms with E-state index in [4.69, 9.17) is 0 Å². The van der Waals surface area contributed by atoms with Crippen LogP contribution in [0.3, 0.4) is 0 Å². The van der Waals surface area contributed by atoms with Crippen LogP contribution in [0.5, 0.6) is 0 Å². The van der Waals surface area contributed by atoms with Crippen molar-refractivity contribution in [1.82, 2.24) is 0 Å². The topological polar surface area (TPSA) is 0 Å². The Labute approximate surface area is 53.1 Å². The molecule has 0 aromatic rings. The molecule has 0 aliphatic carbocycles. The largest absolute Gasteiger partial charge is 0.251 e. The van der Waals surface area contributed by atoms with Crippen LogP contribution >= 0.6 is 9.24 Å². The van der Waals surface area contributed by atoms with Gasteiger partial charge in [0.05, 0.1) is 6.67 Å². The maximum absolute atomic E-state index is 11.7. The van der Waals surface area contributed by atoms with Crippen molar-refractivity contribution in [3.05, 3.63) is 0 Å². The summed E-state index contributed by atoms with van der Waals surface area (Å²) in [5.74, 6) is 0. The van der Waals surface area contributed by atoms with Gasteiger partial charge in [-0.2, -0.15) is 0 Å². The van der Waals surface area contributed by atoms with E-state index < -0.39 is 0 Å². The van der Waals surface area contributed by atoms with E-state index in [2.05, 4.69) is 23.1 Å². The lowest BCUT2D eigenvalue weighted by molar-refractivity contribution is 0.322. The Hall–Kier alpha value is 0.360. The quantitative estimate of drug-likeness (QED) is 0.522. The van der Waals surface area contributed by atoms with Crippen LogP contribution in [0, 0.1) is 5.41 Å². The highest BCUT2D eigenvalue weighted by molar-refractivity contribution is 7.16. The molecule has 0 bridgehead atoms. The molecule has 0 fully saturated rings. The molecular weight excluding hydrogens is 122 g/mol. The molecule has 0 radical (unpaired) electrons. The smallest absolute Gasteiger partial charge is 0.0899 e. The molecule has 0 amide bonds. The van der Waals surface area contributed by atoms with Crippen molar-refractivity contribution in [3.8, 4) is 0 Å². The Morgan fingerprint density at radius 2 is 2.00 bits per heavy atom. The van der Waals surface area contributed by atoms with Crippen molar-refractivity contribution < 1.29 is 4.39 Å². The van der Waals surface area contributed by atoms with E-state index in [1.54, 1.807) is 0 Å². The minimum absolute atomic E-state index is 0.180. The average Bonchev–Trinajstić information content (AvgIpc) is 1.67. The van der Waals surface area contributed by atoms with Crippen molar-refractivity contribution in [2.24, 2.45) is 5.41 Å². The maximum Gasteiger partial charge on any atom is 0.0899 e. The summed E-state index contributed by atoms with van der Waals surface area (Å²) >= 11 is 0. The van der Waals surface area contributed by atoms with E-state index in [0.29, 0.717) is 6.42 Å². The zero-order chi connectivity index (χ0) is 6.62. The Kier molecular flexibility index (Phi) is 3.55. The number of halogens is 1. The molecule has 0 rings (SSSR count). The zero-order valence-corrected chi connectivity index (χ0v) is 6.73. The first-order valence-corrected chi connectivity index (χ1v) is 3.70. The molecule has 0 saturated heterocycles. The third kappa shape index (κ3) is 3.37. The van der Waals surface area contributed by atoms with Gasteiger partial charge in [-0.15, -0.1) is 9.24 Å². The van der Waals surface area contributed by atoms with E-state index in [9.17, 15) is 4.39 Å². The highest BCUT2D eigenvalue weighted by Crippen LogP contribution is 2.22. The van der Waals surface area contributed by atoms with Gasteiger partial charge in [0.2, 0.25) is 0 Å². The first-order valence-electron chi connectivity index (χ1n) is 2.88. The number of hydrogen-bond donors (Lipinski definition) is 0. The van der Waals surface area contributed by atoms with Crippen LogP contribution in [-0.4, -0.2) is 12.8 Å². The molecular formula is C6H14FP. The third-order valence-electron chi connectivity index (χ3n) is 1.32. The predicted molar refractivity (Wildman–Crippen MR) is 39.0 cm³/mol. The monoisotopic (exact) mass is 136 g/mol. The van der Waals surface area contributed by atoms with Crippen molar-refractivity contribution >= 4 is 9.24 Å². The molecule has 0 N–H and O–H groups in total. The van der Waals surface area contributed by atoms with Crippen molar-refractivity contribution in [2.75, 3.05) is 12.8 Å². The fourth-order valence-electron chi connectivity index (χ4n) is 0.358. The fraction of sp³-hybridized carbons (Fsp3) is 1.00. The van der Waals surface area contributed by atoms with E-state index in [1.807, 2.05) is 0 Å². The summed E-state index contributed by atoms with van der Waals surface area (Å²) in [4.78, 5) is 0. The van der Waals surface area contributed by atoms with Gasteiger partial charge in [-0.3, -0.25) is 4.39 Å². The molecule has 0 aromatic heterocycles. The first-order chi connectivity index (χ1) is 3.62. The van der Waals surface area contributed by atoms with Gasteiger partial charge in [0.25, 0.3) is 0 Å². The van der Waals surface area contributed by atoms with Crippen LogP contribution < -0.4 is 0 Å². The van der Waals surface area contributed by atoms with Gasteiger partial charge in [0.15, 0.2) is 0 Å². The van der Waals surface area contributed by atoms with E-state index in [-0.39, 0.29) is 12.1 Å². The molecule has 0 saturated carbocycles. The summed E-state index contributed by atoms with van der Waals surface area (Å²) in [6.45, 7) is 3.94. The summed E-state index contributed by atoms with van der Waals surface area (Å²) in [5, 5.41) is 0. The molecule has 0 aliphatic heterocycles. The van der Waals surface area contributed by atoms with Gasteiger partial charge < -0.3 is 0 Å². The van der Waals surface area contributed by atoms with Crippen LogP contribution in [-0.2, 0) is 0 Å². The molecule has 0 aliphatic rings. The summed E-state index contributed by atoms with van der Waals surface area (Å²) in [5.41, 5.74) is 0.180. The van der Waals surface area contributed by atoms with Crippen LogP contribution in [0.2, 0.25) is 0 Å². The minimum atomic E-state index is -0.193. The fourth-order valence-corrected chi connectivity index (χ4v) is 0.562.